The highest BCUT2D eigenvalue weighted by Gasteiger charge is 2.39. The molecule has 0 spiro atoms. The molecule has 8 heteroatoms. The Bertz CT molecular complexity index is 758. The Balaban J connectivity index is 1.41. The topological polar surface area (TPSA) is 99.8 Å². The van der Waals surface area contributed by atoms with Gasteiger partial charge in [-0.3, -0.25) is 19.7 Å². The number of rotatable bonds is 4. The molecule has 1 aromatic carbocycles. The van der Waals surface area contributed by atoms with Gasteiger partial charge in [-0.15, -0.1) is 0 Å². The van der Waals surface area contributed by atoms with Crippen LogP contribution in [0.3, 0.4) is 0 Å². The molecule has 1 aromatic rings. The second-order valence-electron chi connectivity index (χ2n) is 7.25. The highest BCUT2D eigenvalue weighted by Crippen LogP contribution is 2.28. The summed E-state index contributed by atoms with van der Waals surface area (Å²) in [6, 6.07) is 5.49. The van der Waals surface area contributed by atoms with Gasteiger partial charge in [-0.2, -0.15) is 0 Å². The molecule has 27 heavy (non-hydrogen) atoms. The van der Waals surface area contributed by atoms with E-state index in [1.165, 1.54) is 0 Å². The molecule has 2 unspecified atom stereocenters. The molecule has 144 valence electrons. The first-order chi connectivity index (χ1) is 13.1. The average molecular weight is 372 g/mol. The summed E-state index contributed by atoms with van der Waals surface area (Å²) in [5.41, 5.74) is 2.66. The third-order valence-corrected chi connectivity index (χ3v) is 5.32. The number of ether oxygens (including phenoxy) is 1. The van der Waals surface area contributed by atoms with Crippen LogP contribution in [0.4, 0.5) is 0 Å². The van der Waals surface area contributed by atoms with Gasteiger partial charge in [0.05, 0.1) is 13.2 Å². The molecule has 8 nitrogen and oxygen atoms in total. The van der Waals surface area contributed by atoms with Crippen LogP contribution in [0.5, 0.6) is 0 Å². The second-order valence-corrected chi connectivity index (χ2v) is 7.25. The van der Waals surface area contributed by atoms with Gasteiger partial charge in [0.2, 0.25) is 11.8 Å². The van der Waals surface area contributed by atoms with Crippen molar-refractivity contribution in [3.8, 4) is 0 Å². The molecule has 2 fully saturated rings. The molecule has 0 radical (unpaired) electrons. The number of carbonyl (C=O) groups is 3. The molecule has 2 atom stereocenters. The van der Waals surface area contributed by atoms with E-state index < -0.39 is 6.04 Å². The van der Waals surface area contributed by atoms with E-state index in [-0.39, 0.29) is 30.2 Å². The number of hydrogen-bond donors (Lipinski definition) is 3. The maximum Gasteiger partial charge on any atom is 0.255 e. The maximum atomic E-state index is 12.7. The van der Waals surface area contributed by atoms with E-state index in [0.29, 0.717) is 31.7 Å². The number of benzene rings is 1. The molecule has 2 saturated heterocycles. The predicted molar refractivity (Wildman–Crippen MR) is 96.8 cm³/mol. The number of nitrogens with zero attached hydrogens (tertiary/aromatic N) is 1. The Morgan fingerprint density at radius 3 is 3.00 bits per heavy atom. The molecular weight excluding hydrogens is 348 g/mol. The maximum absolute atomic E-state index is 12.7. The first-order valence-corrected chi connectivity index (χ1v) is 9.40. The standard InChI is InChI=1S/C19H24N4O4/c24-17-4-3-16(18(25)22-17)23-10-13-7-12(1-2-15(13)19(23)26)8-21-14-9-20-5-6-27-11-14/h1-2,7,14,16,20-21H,3-6,8-11H2,(H,22,24,25). The van der Waals surface area contributed by atoms with Crippen molar-refractivity contribution >= 4 is 17.7 Å². The van der Waals surface area contributed by atoms with Crippen molar-refractivity contribution in [1.29, 1.82) is 0 Å². The van der Waals surface area contributed by atoms with Crippen molar-refractivity contribution in [2.45, 2.75) is 38.0 Å². The van der Waals surface area contributed by atoms with Crippen molar-refractivity contribution in [1.82, 2.24) is 20.9 Å². The molecule has 3 aliphatic rings. The van der Waals surface area contributed by atoms with E-state index in [1.54, 1.807) is 4.90 Å². The van der Waals surface area contributed by atoms with Crippen molar-refractivity contribution in [3.63, 3.8) is 0 Å². The zero-order chi connectivity index (χ0) is 18.8. The zero-order valence-corrected chi connectivity index (χ0v) is 15.1. The van der Waals surface area contributed by atoms with Crippen LogP contribution >= 0.6 is 0 Å². The number of fused-ring (bicyclic) bond motifs is 1. The lowest BCUT2D eigenvalue weighted by Crippen LogP contribution is -2.52. The fourth-order valence-electron chi connectivity index (χ4n) is 3.84. The molecule has 4 rings (SSSR count). The number of nitrogens with one attached hydrogen (secondary N) is 3. The van der Waals surface area contributed by atoms with E-state index >= 15 is 0 Å². The third kappa shape index (κ3) is 3.87. The van der Waals surface area contributed by atoms with Gasteiger partial charge in [-0.05, 0) is 23.6 Å². The fraction of sp³-hybridized carbons (Fsp3) is 0.526. The van der Waals surface area contributed by atoms with E-state index in [2.05, 4.69) is 16.0 Å². The summed E-state index contributed by atoms with van der Waals surface area (Å²) in [6.07, 6.45) is 0.649. The van der Waals surface area contributed by atoms with Gasteiger partial charge in [-0.1, -0.05) is 12.1 Å². The summed E-state index contributed by atoms with van der Waals surface area (Å²) in [4.78, 5) is 37.7. The highest BCUT2D eigenvalue weighted by atomic mass is 16.5. The number of carbonyl (C=O) groups excluding carboxylic acids is 3. The lowest BCUT2D eigenvalue weighted by atomic mass is 10.0. The Morgan fingerprint density at radius 1 is 1.26 bits per heavy atom. The second kappa shape index (κ2) is 7.75. The minimum atomic E-state index is -0.571. The lowest BCUT2D eigenvalue weighted by Gasteiger charge is -2.29. The minimum Gasteiger partial charge on any atom is -0.378 e. The number of amides is 3. The van der Waals surface area contributed by atoms with Crippen LogP contribution in [-0.2, 0) is 27.4 Å². The molecule has 3 amide bonds. The summed E-state index contributed by atoms with van der Waals surface area (Å²) in [6.45, 7) is 4.25. The van der Waals surface area contributed by atoms with E-state index in [0.717, 1.165) is 30.8 Å². The van der Waals surface area contributed by atoms with Gasteiger partial charge in [-0.25, -0.2) is 0 Å². The normalized spacial score (nSPS) is 25.9. The SMILES string of the molecule is O=C1CCC(N2Cc3cc(CNC4CNCCOC4)ccc3C2=O)C(=O)N1. The Hall–Kier alpha value is -2.29. The van der Waals surface area contributed by atoms with Crippen molar-refractivity contribution in [2.75, 3.05) is 26.3 Å². The smallest absolute Gasteiger partial charge is 0.255 e. The summed E-state index contributed by atoms with van der Waals surface area (Å²) in [5, 5.41) is 9.14. The van der Waals surface area contributed by atoms with Crippen LogP contribution in [0.2, 0.25) is 0 Å². The minimum absolute atomic E-state index is 0.139. The van der Waals surface area contributed by atoms with Gasteiger partial charge < -0.3 is 20.3 Å². The van der Waals surface area contributed by atoms with Gasteiger partial charge >= 0.3 is 0 Å². The van der Waals surface area contributed by atoms with Crippen molar-refractivity contribution in [3.05, 3.63) is 34.9 Å². The molecule has 0 saturated carbocycles. The number of hydrogen-bond acceptors (Lipinski definition) is 6. The predicted octanol–water partition coefficient (Wildman–Crippen LogP) is -0.474. The fourth-order valence-corrected chi connectivity index (χ4v) is 3.84. The zero-order valence-electron chi connectivity index (χ0n) is 15.1. The van der Waals surface area contributed by atoms with Crippen LogP contribution in [0, 0.1) is 0 Å². The first-order valence-electron chi connectivity index (χ1n) is 9.40. The summed E-state index contributed by atoms with van der Waals surface area (Å²) in [5.74, 6) is -0.790. The third-order valence-electron chi connectivity index (χ3n) is 5.32. The van der Waals surface area contributed by atoms with Crippen LogP contribution in [0.15, 0.2) is 18.2 Å². The molecule has 0 aromatic heterocycles. The van der Waals surface area contributed by atoms with Crippen LogP contribution in [0.25, 0.3) is 0 Å². The summed E-state index contributed by atoms with van der Waals surface area (Å²) in [7, 11) is 0. The van der Waals surface area contributed by atoms with Gasteiger partial charge in [0.25, 0.3) is 5.91 Å². The van der Waals surface area contributed by atoms with E-state index in [1.807, 2.05) is 18.2 Å². The van der Waals surface area contributed by atoms with E-state index in [9.17, 15) is 14.4 Å². The molecular formula is C19H24N4O4. The van der Waals surface area contributed by atoms with Crippen molar-refractivity contribution in [2.24, 2.45) is 0 Å². The first kappa shape index (κ1) is 18.1. The lowest BCUT2D eigenvalue weighted by molar-refractivity contribution is -0.136. The Morgan fingerprint density at radius 2 is 2.15 bits per heavy atom. The summed E-state index contributed by atoms with van der Waals surface area (Å²) >= 11 is 0. The largest absolute Gasteiger partial charge is 0.378 e. The van der Waals surface area contributed by atoms with Gasteiger partial charge in [0.15, 0.2) is 0 Å². The molecule has 0 aliphatic carbocycles. The van der Waals surface area contributed by atoms with Gasteiger partial charge in [0.1, 0.15) is 6.04 Å². The summed E-state index contributed by atoms with van der Waals surface area (Å²) < 4.78 is 5.54. The quantitative estimate of drug-likeness (QED) is 0.618. The van der Waals surface area contributed by atoms with Crippen LogP contribution in [0.1, 0.15) is 34.3 Å². The molecule has 3 N–H and O–H groups in total. The number of piperidine rings is 1. The van der Waals surface area contributed by atoms with E-state index in [4.69, 9.17) is 4.74 Å². The van der Waals surface area contributed by atoms with Crippen LogP contribution in [-0.4, -0.2) is 61.0 Å². The van der Waals surface area contributed by atoms with Gasteiger partial charge in [0, 0.05) is 44.2 Å². The molecule has 3 heterocycles. The van der Waals surface area contributed by atoms with Crippen molar-refractivity contribution < 1.29 is 19.1 Å². The monoisotopic (exact) mass is 372 g/mol. The average Bonchev–Trinajstić information content (AvgIpc) is 2.83. The Kier molecular flexibility index (Phi) is 5.20. The Labute approximate surface area is 157 Å². The van der Waals surface area contributed by atoms with Crippen LogP contribution < -0.4 is 16.0 Å². The number of imide groups is 1. The molecule has 3 aliphatic heterocycles. The highest BCUT2D eigenvalue weighted by molar-refractivity contribution is 6.05. The molecule has 0 bridgehead atoms.